The second-order valence-electron chi connectivity index (χ2n) is 7.55. The van der Waals surface area contributed by atoms with E-state index in [1.807, 2.05) is 26.1 Å². The Kier molecular flexibility index (Phi) is 6.12. The number of amides is 1. The first kappa shape index (κ1) is 22.2. The zero-order chi connectivity index (χ0) is 22.9. The second kappa shape index (κ2) is 8.84. The molecule has 166 valence electrons. The molecule has 0 bridgehead atoms. The van der Waals surface area contributed by atoms with Crippen LogP contribution in [0.5, 0.6) is 0 Å². The molecular weight excluding hydrogens is 444 g/mol. The highest BCUT2D eigenvalue weighted by Gasteiger charge is 2.27. The molecule has 0 unspecified atom stereocenters. The van der Waals surface area contributed by atoms with Crippen molar-refractivity contribution in [1.29, 1.82) is 0 Å². The summed E-state index contributed by atoms with van der Waals surface area (Å²) >= 11 is 1.43. The molecule has 0 atom stereocenters. The predicted octanol–water partition coefficient (Wildman–Crippen LogP) is 4.25. The molecule has 2 aromatic carbocycles. The Morgan fingerprint density at radius 3 is 2.66 bits per heavy atom. The lowest BCUT2D eigenvalue weighted by Crippen LogP contribution is -2.35. The van der Waals surface area contributed by atoms with Crippen LogP contribution in [0.3, 0.4) is 0 Å². The minimum absolute atomic E-state index is 0.0460. The zero-order valence-electron chi connectivity index (χ0n) is 18.1. The van der Waals surface area contributed by atoms with E-state index in [4.69, 9.17) is 4.98 Å². The summed E-state index contributed by atoms with van der Waals surface area (Å²) in [4.78, 5) is 20.1. The molecule has 4 rings (SSSR count). The van der Waals surface area contributed by atoms with Gasteiger partial charge in [0.1, 0.15) is 0 Å². The van der Waals surface area contributed by atoms with Gasteiger partial charge in [0.15, 0.2) is 15.0 Å². The van der Waals surface area contributed by atoms with Gasteiger partial charge in [-0.1, -0.05) is 36.5 Å². The van der Waals surface area contributed by atoms with Crippen molar-refractivity contribution in [1.82, 2.24) is 14.8 Å². The maximum Gasteiger partial charge on any atom is 0.261 e. The summed E-state index contributed by atoms with van der Waals surface area (Å²) in [5.41, 5.74) is 3.17. The molecule has 0 saturated heterocycles. The highest BCUT2D eigenvalue weighted by Crippen LogP contribution is 2.33. The first-order valence-corrected chi connectivity index (χ1v) is 12.8. The number of hydrogen-bond donors (Lipinski definition) is 0. The third kappa shape index (κ3) is 4.31. The van der Waals surface area contributed by atoms with Gasteiger partial charge in [-0.05, 0) is 49.2 Å². The number of hydrogen-bond acceptors (Lipinski definition) is 6. The molecule has 0 aliphatic heterocycles. The summed E-state index contributed by atoms with van der Waals surface area (Å²) in [5, 5.41) is 4.75. The summed E-state index contributed by atoms with van der Waals surface area (Å²) in [7, 11) is -3.57. The van der Waals surface area contributed by atoms with E-state index in [0.29, 0.717) is 18.2 Å². The predicted molar refractivity (Wildman–Crippen MR) is 127 cm³/mol. The lowest BCUT2D eigenvalue weighted by molar-refractivity contribution is 0.0982. The van der Waals surface area contributed by atoms with Gasteiger partial charge < -0.3 is 0 Å². The van der Waals surface area contributed by atoms with Crippen molar-refractivity contribution < 1.29 is 13.2 Å². The Balaban J connectivity index is 1.80. The lowest BCUT2D eigenvalue weighted by Gasteiger charge is -2.21. The van der Waals surface area contributed by atoms with Gasteiger partial charge in [0.25, 0.3) is 5.91 Å². The van der Waals surface area contributed by atoms with Crippen LogP contribution in [0.2, 0.25) is 0 Å². The Bertz CT molecular complexity index is 1380. The van der Waals surface area contributed by atoms with Crippen molar-refractivity contribution >= 4 is 42.4 Å². The molecule has 0 radical (unpaired) electrons. The Hall–Kier alpha value is -3.04. The highest BCUT2D eigenvalue weighted by atomic mass is 32.2. The van der Waals surface area contributed by atoms with Crippen molar-refractivity contribution in [3.8, 4) is 0 Å². The normalized spacial score (nSPS) is 11.7. The monoisotopic (exact) mass is 468 g/mol. The van der Waals surface area contributed by atoms with Gasteiger partial charge in [-0.25, -0.2) is 13.4 Å². The van der Waals surface area contributed by atoms with E-state index in [-0.39, 0.29) is 16.2 Å². The molecular formula is C23H24N4O3S2. The van der Waals surface area contributed by atoms with Gasteiger partial charge in [-0.15, -0.1) is 0 Å². The first-order chi connectivity index (χ1) is 15.3. The molecule has 0 saturated carbocycles. The summed E-state index contributed by atoms with van der Waals surface area (Å²) in [6.07, 6.45) is 3.50. The molecule has 0 aliphatic carbocycles. The fraction of sp³-hybridized carbons (Fsp3) is 0.261. The van der Waals surface area contributed by atoms with E-state index in [1.54, 1.807) is 40.9 Å². The van der Waals surface area contributed by atoms with Crippen LogP contribution in [0, 0.1) is 13.8 Å². The standard InChI is InChI=1S/C23H24N4O3S2/c1-4-32(29,30)20-9-6-5-8-18(20)22(28)27(13-12-26-11-7-10-24-26)23-25-21-17(3)14-16(2)15-19(21)31-23/h5-11,14-15H,4,12-13H2,1-3H3. The number of aromatic nitrogens is 3. The maximum atomic E-state index is 13.7. The van der Waals surface area contributed by atoms with Crippen LogP contribution in [-0.4, -0.2) is 41.4 Å². The van der Waals surface area contributed by atoms with Crippen LogP contribution >= 0.6 is 11.3 Å². The Labute approximate surface area is 191 Å². The smallest absolute Gasteiger partial charge is 0.261 e. The van der Waals surface area contributed by atoms with Crippen molar-refractivity contribution in [3.63, 3.8) is 0 Å². The van der Waals surface area contributed by atoms with Crippen molar-refractivity contribution in [2.75, 3.05) is 17.2 Å². The average Bonchev–Trinajstić information content (AvgIpc) is 3.44. The lowest BCUT2D eigenvalue weighted by atomic mass is 10.1. The number of carbonyl (C=O) groups is 1. The molecule has 4 aromatic rings. The minimum Gasteiger partial charge on any atom is -0.282 e. The molecule has 0 N–H and O–H groups in total. The number of benzene rings is 2. The van der Waals surface area contributed by atoms with Gasteiger partial charge >= 0.3 is 0 Å². The van der Waals surface area contributed by atoms with Crippen molar-refractivity contribution in [2.45, 2.75) is 32.2 Å². The number of fused-ring (bicyclic) bond motifs is 1. The number of carbonyl (C=O) groups excluding carboxylic acids is 1. The Morgan fingerprint density at radius 1 is 1.16 bits per heavy atom. The van der Waals surface area contributed by atoms with Crippen LogP contribution < -0.4 is 4.90 Å². The molecule has 1 amide bonds. The van der Waals surface area contributed by atoms with E-state index < -0.39 is 15.7 Å². The van der Waals surface area contributed by atoms with Crippen LogP contribution in [0.25, 0.3) is 10.2 Å². The van der Waals surface area contributed by atoms with Crippen molar-refractivity contribution in [3.05, 3.63) is 71.5 Å². The molecule has 9 heteroatoms. The van der Waals surface area contributed by atoms with Gasteiger partial charge in [0.2, 0.25) is 0 Å². The summed E-state index contributed by atoms with van der Waals surface area (Å²) in [5.74, 6) is -0.470. The van der Waals surface area contributed by atoms with Crippen LogP contribution in [-0.2, 0) is 16.4 Å². The number of thiazole rings is 1. The van der Waals surface area contributed by atoms with Gasteiger partial charge in [0.05, 0.1) is 33.0 Å². The fourth-order valence-electron chi connectivity index (χ4n) is 3.61. The zero-order valence-corrected chi connectivity index (χ0v) is 19.8. The summed E-state index contributed by atoms with van der Waals surface area (Å²) in [6, 6.07) is 12.3. The van der Waals surface area contributed by atoms with Gasteiger partial charge in [-0.3, -0.25) is 14.4 Å². The van der Waals surface area contributed by atoms with E-state index in [1.165, 1.54) is 17.4 Å². The van der Waals surface area contributed by atoms with Crippen molar-refractivity contribution in [2.24, 2.45) is 0 Å². The molecule has 2 heterocycles. The second-order valence-corrected chi connectivity index (χ2v) is 10.8. The number of rotatable bonds is 7. The first-order valence-electron chi connectivity index (χ1n) is 10.3. The molecule has 7 nitrogen and oxygen atoms in total. The Morgan fingerprint density at radius 2 is 1.94 bits per heavy atom. The average molecular weight is 469 g/mol. The third-order valence-electron chi connectivity index (χ3n) is 5.24. The largest absolute Gasteiger partial charge is 0.282 e. The van der Waals surface area contributed by atoms with Gasteiger partial charge in [0, 0.05) is 18.9 Å². The molecule has 0 spiro atoms. The quantitative estimate of drug-likeness (QED) is 0.405. The molecule has 2 aromatic heterocycles. The number of aryl methyl sites for hydroxylation is 2. The molecule has 0 fully saturated rings. The van der Waals surface area contributed by atoms with E-state index in [2.05, 4.69) is 17.2 Å². The van der Waals surface area contributed by atoms with Crippen LogP contribution in [0.1, 0.15) is 28.4 Å². The summed E-state index contributed by atoms with van der Waals surface area (Å²) < 4.78 is 28.0. The highest BCUT2D eigenvalue weighted by molar-refractivity contribution is 7.91. The molecule has 0 aliphatic rings. The molecule has 32 heavy (non-hydrogen) atoms. The summed E-state index contributed by atoms with van der Waals surface area (Å²) in [6.45, 7) is 6.36. The fourth-order valence-corrected chi connectivity index (χ4v) is 5.86. The minimum atomic E-state index is -3.57. The number of nitrogens with zero attached hydrogens (tertiary/aromatic N) is 4. The SMILES string of the molecule is CCS(=O)(=O)c1ccccc1C(=O)N(CCn1cccn1)c1nc2c(C)cc(C)cc2s1. The van der Waals surface area contributed by atoms with E-state index in [0.717, 1.165) is 21.3 Å². The van der Waals surface area contributed by atoms with E-state index in [9.17, 15) is 13.2 Å². The number of anilines is 1. The topological polar surface area (TPSA) is 85.2 Å². The maximum absolute atomic E-state index is 13.7. The van der Waals surface area contributed by atoms with Crippen LogP contribution in [0.15, 0.2) is 59.8 Å². The van der Waals surface area contributed by atoms with E-state index >= 15 is 0 Å². The van der Waals surface area contributed by atoms with Crippen LogP contribution in [0.4, 0.5) is 5.13 Å². The van der Waals surface area contributed by atoms with Gasteiger partial charge in [-0.2, -0.15) is 5.10 Å². The third-order valence-corrected chi connectivity index (χ3v) is 8.05. The number of sulfone groups is 1.